The summed E-state index contributed by atoms with van der Waals surface area (Å²) in [7, 11) is 0. The molecule has 3 N–H and O–H groups in total. The molecule has 1 aromatic rings. The van der Waals surface area contributed by atoms with Crippen molar-refractivity contribution in [3.63, 3.8) is 0 Å². The highest BCUT2D eigenvalue weighted by Gasteiger charge is 2.16. The third-order valence-corrected chi connectivity index (χ3v) is 3.64. The van der Waals surface area contributed by atoms with Gasteiger partial charge < -0.3 is 10.8 Å². The first-order valence-corrected chi connectivity index (χ1v) is 5.93. The second-order valence-corrected chi connectivity index (χ2v) is 5.45. The Balaban J connectivity index is 2.21. The Labute approximate surface area is 86.4 Å². The van der Waals surface area contributed by atoms with Crippen molar-refractivity contribution < 1.29 is 5.11 Å². The molecule has 0 saturated heterocycles. The lowest BCUT2D eigenvalue weighted by Crippen LogP contribution is -2.40. The summed E-state index contributed by atoms with van der Waals surface area (Å²) in [5.41, 5.74) is 5.32. The summed E-state index contributed by atoms with van der Waals surface area (Å²) < 4.78 is 1.06. The fourth-order valence-electron chi connectivity index (χ4n) is 0.732. The van der Waals surface area contributed by atoms with E-state index in [1.165, 1.54) is 0 Å². The van der Waals surface area contributed by atoms with Crippen LogP contribution in [0.3, 0.4) is 0 Å². The monoisotopic (exact) mass is 218 g/mol. The van der Waals surface area contributed by atoms with E-state index in [1.807, 2.05) is 12.3 Å². The zero-order valence-corrected chi connectivity index (χ0v) is 9.20. The Bertz CT molecular complexity index is 236. The van der Waals surface area contributed by atoms with Crippen molar-refractivity contribution in [2.75, 3.05) is 12.4 Å². The zero-order valence-electron chi connectivity index (χ0n) is 7.56. The average Bonchev–Trinajstić information content (AvgIpc) is 2.57. The van der Waals surface area contributed by atoms with Crippen molar-refractivity contribution in [1.29, 1.82) is 0 Å². The maximum atomic E-state index is 8.90. The number of nitrogens with two attached hydrogens (primary N) is 1. The summed E-state index contributed by atoms with van der Waals surface area (Å²) in [5, 5.41) is 10.9. The summed E-state index contributed by atoms with van der Waals surface area (Å²) in [5.74, 6) is 0.904. The lowest BCUT2D eigenvalue weighted by atomic mass is 10.0. The van der Waals surface area contributed by atoms with Gasteiger partial charge in [0.15, 0.2) is 0 Å². The van der Waals surface area contributed by atoms with E-state index in [0.717, 1.165) is 16.5 Å². The molecule has 13 heavy (non-hydrogen) atoms. The minimum Gasteiger partial charge on any atom is -0.394 e. The lowest BCUT2D eigenvalue weighted by molar-refractivity contribution is 0.206. The van der Waals surface area contributed by atoms with E-state index >= 15 is 0 Å². The maximum Gasteiger partial charge on any atom is 0.149 e. The SMILES string of the molecule is CC(N)(CO)CCSc1nccs1. The Kier molecular flexibility index (Phi) is 4.18. The molecule has 0 bridgehead atoms. The number of thiazole rings is 1. The molecular weight excluding hydrogens is 204 g/mol. The number of nitrogens with zero attached hydrogens (tertiary/aromatic N) is 1. The first-order chi connectivity index (χ1) is 6.14. The van der Waals surface area contributed by atoms with Gasteiger partial charge in [-0.1, -0.05) is 11.8 Å². The van der Waals surface area contributed by atoms with E-state index in [1.54, 1.807) is 29.3 Å². The van der Waals surface area contributed by atoms with E-state index < -0.39 is 5.54 Å². The molecule has 3 nitrogen and oxygen atoms in total. The number of aliphatic hydroxyl groups is 1. The molecule has 0 radical (unpaired) electrons. The van der Waals surface area contributed by atoms with Crippen molar-refractivity contribution in [3.05, 3.63) is 11.6 Å². The highest BCUT2D eigenvalue weighted by molar-refractivity contribution is 8.00. The second kappa shape index (κ2) is 4.95. The van der Waals surface area contributed by atoms with Gasteiger partial charge in [0, 0.05) is 22.9 Å². The maximum absolute atomic E-state index is 8.90. The van der Waals surface area contributed by atoms with Gasteiger partial charge in [0.25, 0.3) is 0 Å². The molecule has 0 aliphatic carbocycles. The quantitative estimate of drug-likeness (QED) is 0.732. The topological polar surface area (TPSA) is 59.1 Å². The van der Waals surface area contributed by atoms with Gasteiger partial charge in [-0.25, -0.2) is 4.98 Å². The highest BCUT2D eigenvalue weighted by Crippen LogP contribution is 2.22. The molecule has 0 aliphatic rings. The normalized spacial score (nSPS) is 15.6. The van der Waals surface area contributed by atoms with Gasteiger partial charge in [-0.2, -0.15) is 0 Å². The molecule has 0 spiro atoms. The van der Waals surface area contributed by atoms with Crippen LogP contribution >= 0.6 is 23.1 Å². The number of hydrogen-bond donors (Lipinski definition) is 2. The van der Waals surface area contributed by atoms with Crippen LogP contribution in [-0.2, 0) is 0 Å². The van der Waals surface area contributed by atoms with E-state index in [0.29, 0.717) is 0 Å². The van der Waals surface area contributed by atoms with Crippen LogP contribution in [0.2, 0.25) is 0 Å². The molecule has 1 heterocycles. The minimum absolute atomic E-state index is 0.0332. The van der Waals surface area contributed by atoms with Gasteiger partial charge in [-0.3, -0.25) is 0 Å². The van der Waals surface area contributed by atoms with Crippen LogP contribution in [0, 0.1) is 0 Å². The van der Waals surface area contributed by atoms with Gasteiger partial charge >= 0.3 is 0 Å². The standard InChI is InChI=1S/C8H14N2OS2/c1-8(9,6-11)2-4-12-7-10-3-5-13-7/h3,5,11H,2,4,6,9H2,1H3. The largest absolute Gasteiger partial charge is 0.394 e. The summed E-state index contributed by atoms with van der Waals surface area (Å²) in [6.45, 7) is 1.89. The Hall–Kier alpha value is -0.100. The van der Waals surface area contributed by atoms with Crippen LogP contribution in [-0.4, -0.2) is 28.0 Å². The Morgan fingerprint density at radius 2 is 2.54 bits per heavy atom. The van der Waals surface area contributed by atoms with Crippen LogP contribution < -0.4 is 5.73 Å². The van der Waals surface area contributed by atoms with Crippen LogP contribution in [0.4, 0.5) is 0 Å². The number of aliphatic hydroxyl groups excluding tert-OH is 1. The number of rotatable bonds is 5. The molecule has 0 aromatic carbocycles. The van der Waals surface area contributed by atoms with E-state index in [2.05, 4.69) is 4.98 Å². The molecule has 0 fully saturated rings. The van der Waals surface area contributed by atoms with Gasteiger partial charge in [0.1, 0.15) is 4.34 Å². The van der Waals surface area contributed by atoms with Crippen molar-refractivity contribution in [3.8, 4) is 0 Å². The van der Waals surface area contributed by atoms with Gasteiger partial charge in [0.2, 0.25) is 0 Å². The summed E-state index contributed by atoms with van der Waals surface area (Å²) in [6, 6.07) is 0. The van der Waals surface area contributed by atoms with Crippen molar-refractivity contribution in [1.82, 2.24) is 4.98 Å². The van der Waals surface area contributed by atoms with Gasteiger partial charge in [-0.05, 0) is 13.3 Å². The van der Waals surface area contributed by atoms with Crippen molar-refractivity contribution >= 4 is 23.1 Å². The minimum atomic E-state index is -0.454. The molecule has 1 atom stereocenters. The lowest BCUT2D eigenvalue weighted by Gasteiger charge is -2.20. The third-order valence-electron chi connectivity index (χ3n) is 1.67. The molecule has 1 unspecified atom stereocenters. The van der Waals surface area contributed by atoms with Crippen LogP contribution in [0.1, 0.15) is 13.3 Å². The smallest absolute Gasteiger partial charge is 0.149 e. The predicted molar refractivity (Wildman–Crippen MR) is 57.1 cm³/mol. The van der Waals surface area contributed by atoms with Crippen molar-refractivity contribution in [2.45, 2.75) is 23.2 Å². The molecule has 0 amide bonds. The predicted octanol–water partition coefficient (Wildman–Crippen LogP) is 1.33. The highest BCUT2D eigenvalue weighted by atomic mass is 32.2. The average molecular weight is 218 g/mol. The molecule has 1 aromatic heterocycles. The number of aromatic nitrogens is 1. The fraction of sp³-hybridized carbons (Fsp3) is 0.625. The van der Waals surface area contributed by atoms with E-state index in [-0.39, 0.29) is 6.61 Å². The Morgan fingerprint density at radius 1 is 1.77 bits per heavy atom. The summed E-state index contributed by atoms with van der Waals surface area (Å²) in [6.07, 6.45) is 2.59. The summed E-state index contributed by atoms with van der Waals surface area (Å²) in [4.78, 5) is 4.14. The van der Waals surface area contributed by atoms with E-state index in [4.69, 9.17) is 10.8 Å². The van der Waals surface area contributed by atoms with Crippen molar-refractivity contribution in [2.24, 2.45) is 5.73 Å². The molecular formula is C8H14N2OS2. The van der Waals surface area contributed by atoms with Gasteiger partial charge in [-0.15, -0.1) is 11.3 Å². The Morgan fingerprint density at radius 3 is 3.08 bits per heavy atom. The second-order valence-electron chi connectivity index (χ2n) is 3.21. The van der Waals surface area contributed by atoms with E-state index in [9.17, 15) is 0 Å². The van der Waals surface area contributed by atoms with Crippen LogP contribution in [0.15, 0.2) is 15.9 Å². The fourth-order valence-corrected chi connectivity index (χ4v) is 2.66. The third kappa shape index (κ3) is 4.08. The first kappa shape index (κ1) is 11.0. The summed E-state index contributed by atoms with van der Waals surface area (Å²) >= 11 is 3.32. The van der Waals surface area contributed by atoms with Crippen LogP contribution in [0.25, 0.3) is 0 Å². The molecule has 74 valence electrons. The zero-order chi connectivity index (χ0) is 9.73. The number of thioether (sulfide) groups is 1. The molecule has 0 saturated carbocycles. The number of hydrogen-bond acceptors (Lipinski definition) is 5. The molecule has 0 aliphatic heterocycles. The molecule has 1 rings (SSSR count). The molecule has 5 heteroatoms. The van der Waals surface area contributed by atoms with Gasteiger partial charge in [0.05, 0.1) is 6.61 Å². The first-order valence-electron chi connectivity index (χ1n) is 4.06. The van der Waals surface area contributed by atoms with Crippen LogP contribution in [0.5, 0.6) is 0 Å².